The fraction of sp³-hybridized carbons (Fsp3) is 0.923. The van der Waals surface area contributed by atoms with Crippen molar-refractivity contribution in [1.82, 2.24) is 0 Å². The summed E-state index contributed by atoms with van der Waals surface area (Å²) in [5.74, 6) is -0.120. The molecule has 0 spiro atoms. The average molecular weight is 395 g/mol. The fourth-order valence-electron chi connectivity index (χ4n) is 6.30. The number of ketones is 1. The third kappa shape index (κ3) is 0.881. The fourth-order valence-corrected chi connectivity index (χ4v) is 10.3. The van der Waals surface area contributed by atoms with Crippen LogP contribution in [-0.2, 0) is 4.79 Å². The predicted octanol–water partition coefficient (Wildman–Crippen LogP) is 4.20. The molecular weight excluding hydrogens is 385 g/mol. The van der Waals surface area contributed by atoms with Gasteiger partial charge in [0.1, 0.15) is 15.5 Å². The minimum atomic E-state index is -1.49. The Kier molecular flexibility index (Phi) is 2.27. The Bertz CT molecular complexity index is 579. The van der Waals surface area contributed by atoms with E-state index >= 15 is 0 Å². The van der Waals surface area contributed by atoms with Gasteiger partial charge >= 0.3 is 0 Å². The maximum atomic E-state index is 12.8. The van der Waals surface area contributed by atoms with Gasteiger partial charge in [-0.1, -0.05) is 23.2 Å². The smallest absolute Gasteiger partial charge is 0.160 e. The highest BCUT2D eigenvalue weighted by Crippen LogP contribution is 2.88. The second kappa shape index (κ2) is 3.28. The third-order valence-electron chi connectivity index (χ3n) is 6.83. The van der Waals surface area contributed by atoms with Gasteiger partial charge in [0.2, 0.25) is 0 Å². The van der Waals surface area contributed by atoms with Crippen LogP contribution in [0.4, 0.5) is 0 Å². The summed E-state index contributed by atoms with van der Waals surface area (Å²) in [6, 6.07) is 0. The van der Waals surface area contributed by atoms with E-state index in [0.717, 1.165) is 12.8 Å². The number of fused-ring (bicyclic) bond motifs is 4. The molecule has 0 amide bonds. The summed E-state index contributed by atoms with van der Waals surface area (Å²) in [6.45, 7) is 0. The van der Waals surface area contributed by atoms with Crippen LogP contribution in [0.1, 0.15) is 12.8 Å². The first-order valence-corrected chi connectivity index (χ1v) is 9.10. The molecule has 0 aromatic rings. The molecule has 0 aromatic carbocycles. The number of rotatable bonds is 0. The third-order valence-corrected chi connectivity index (χ3v) is 11.8. The minimum Gasteiger partial charge on any atom is -0.299 e. The topological polar surface area (TPSA) is 17.1 Å². The molecule has 5 fully saturated rings. The van der Waals surface area contributed by atoms with E-state index in [2.05, 4.69) is 0 Å². The lowest BCUT2D eigenvalue weighted by Gasteiger charge is -2.47. The van der Waals surface area contributed by atoms with Gasteiger partial charge in [0, 0.05) is 11.8 Å². The SMILES string of the molecule is O=C1[C@@H]2CC3[C@@H](C2)[C@H]2[C@@H]1[C@@]1(Cl)C(Cl)C3(Cl)[C@]2(Cl)C1(Cl)Cl. The van der Waals surface area contributed by atoms with Gasteiger partial charge < -0.3 is 0 Å². The van der Waals surface area contributed by atoms with Crippen molar-refractivity contribution >= 4 is 75.4 Å². The van der Waals surface area contributed by atoms with Crippen LogP contribution in [0, 0.1) is 29.6 Å². The Labute approximate surface area is 146 Å². The van der Waals surface area contributed by atoms with E-state index in [-0.39, 0.29) is 29.5 Å². The molecule has 5 aliphatic rings. The van der Waals surface area contributed by atoms with Crippen LogP contribution in [0.2, 0.25) is 0 Å². The molecule has 0 radical (unpaired) electrons. The summed E-state index contributed by atoms with van der Waals surface area (Å²) in [4.78, 5) is 9.47. The van der Waals surface area contributed by atoms with Crippen molar-refractivity contribution in [3.8, 4) is 0 Å². The number of alkyl halides is 6. The number of hydrogen-bond donors (Lipinski definition) is 0. The van der Waals surface area contributed by atoms with Crippen LogP contribution >= 0.6 is 69.6 Å². The Morgan fingerprint density at radius 1 is 1.00 bits per heavy atom. The molecule has 5 aliphatic carbocycles. The van der Waals surface area contributed by atoms with Gasteiger partial charge in [0.05, 0.1) is 10.3 Å². The predicted molar refractivity (Wildman–Crippen MR) is 81.5 cm³/mol. The van der Waals surface area contributed by atoms with Gasteiger partial charge in [-0.25, -0.2) is 0 Å². The van der Waals surface area contributed by atoms with E-state index in [0.29, 0.717) is 0 Å². The van der Waals surface area contributed by atoms with Gasteiger partial charge in [0.15, 0.2) is 4.33 Å². The van der Waals surface area contributed by atoms with Crippen molar-refractivity contribution in [2.75, 3.05) is 0 Å². The summed E-state index contributed by atoms with van der Waals surface area (Å²) >= 11 is 40.6. The van der Waals surface area contributed by atoms with E-state index in [1.807, 2.05) is 0 Å². The molecule has 20 heavy (non-hydrogen) atoms. The zero-order valence-corrected chi connectivity index (χ0v) is 14.6. The lowest BCUT2D eigenvalue weighted by molar-refractivity contribution is -0.132. The number of carbonyl (C=O) groups excluding carboxylic acids is 1. The van der Waals surface area contributed by atoms with Crippen LogP contribution in [0.25, 0.3) is 0 Å². The average Bonchev–Trinajstić information content (AvgIpc) is 2.91. The lowest BCUT2D eigenvalue weighted by atomic mass is 9.66. The highest BCUT2D eigenvalue weighted by atomic mass is 35.5. The maximum absolute atomic E-state index is 12.8. The van der Waals surface area contributed by atoms with E-state index in [9.17, 15) is 4.79 Å². The van der Waals surface area contributed by atoms with Crippen LogP contribution in [0.15, 0.2) is 0 Å². The summed E-state index contributed by atoms with van der Waals surface area (Å²) in [5, 5.41) is -0.704. The first-order valence-electron chi connectivity index (χ1n) is 6.77. The zero-order valence-electron chi connectivity index (χ0n) is 10.1. The number of halogens is 6. The molecule has 9 atom stereocenters. The molecule has 5 rings (SSSR count). The number of carbonyl (C=O) groups is 1. The maximum Gasteiger partial charge on any atom is 0.160 e. The Balaban J connectivity index is 1.92. The Morgan fingerprint density at radius 2 is 1.65 bits per heavy atom. The molecule has 110 valence electrons. The van der Waals surface area contributed by atoms with Gasteiger partial charge in [-0.15, -0.1) is 46.4 Å². The molecule has 0 saturated heterocycles. The molecule has 4 bridgehead atoms. The van der Waals surface area contributed by atoms with Gasteiger partial charge in [-0.2, -0.15) is 0 Å². The number of hydrogen-bond acceptors (Lipinski definition) is 1. The van der Waals surface area contributed by atoms with Crippen LogP contribution in [0.5, 0.6) is 0 Å². The second-order valence-electron chi connectivity index (χ2n) is 7.03. The highest BCUT2D eigenvalue weighted by molar-refractivity contribution is 6.64. The molecule has 5 saturated carbocycles. The second-order valence-corrected chi connectivity index (χ2v) is 10.6. The summed E-state index contributed by atoms with van der Waals surface area (Å²) < 4.78 is -1.49. The molecular formula is C13H10Cl6O. The summed E-state index contributed by atoms with van der Waals surface area (Å²) in [6.07, 6.45) is 1.57. The molecule has 1 nitrogen and oxygen atoms in total. The quantitative estimate of drug-likeness (QED) is 0.563. The molecule has 0 N–H and O–H groups in total. The van der Waals surface area contributed by atoms with E-state index in [1.54, 1.807) is 0 Å². The zero-order chi connectivity index (χ0) is 14.5. The standard InChI is InChI=1S/C13H10Cl6O/c14-9-10(15)5-2-3-1-4(5)6-7(8(3)20)11(9,16)13(18,19)12(6,10)17/h3-7,9H,1-2H2/t3-,4+,5?,6-,7-,9?,10?,11+,12-/m0/s1. The van der Waals surface area contributed by atoms with E-state index < -0.39 is 30.3 Å². The minimum absolute atomic E-state index is 0.0233. The van der Waals surface area contributed by atoms with E-state index in [4.69, 9.17) is 69.6 Å². The van der Waals surface area contributed by atoms with Gasteiger partial charge in [-0.3, -0.25) is 4.79 Å². The first kappa shape index (κ1) is 13.8. The van der Waals surface area contributed by atoms with Crippen molar-refractivity contribution < 1.29 is 4.79 Å². The van der Waals surface area contributed by atoms with Crippen molar-refractivity contribution in [2.45, 2.75) is 37.2 Å². The Morgan fingerprint density at radius 3 is 2.30 bits per heavy atom. The van der Waals surface area contributed by atoms with Crippen molar-refractivity contribution in [3.05, 3.63) is 0 Å². The molecule has 0 heterocycles. The molecule has 7 heteroatoms. The van der Waals surface area contributed by atoms with Crippen LogP contribution < -0.4 is 0 Å². The van der Waals surface area contributed by atoms with Gasteiger partial charge in [0.25, 0.3) is 0 Å². The first-order chi connectivity index (χ1) is 9.15. The Hall–Kier alpha value is 1.41. The van der Waals surface area contributed by atoms with Crippen LogP contribution in [0.3, 0.4) is 0 Å². The van der Waals surface area contributed by atoms with Crippen LogP contribution in [-0.4, -0.2) is 30.1 Å². The van der Waals surface area contributed by atoms with Crippen molar-refractivity contribution in [2.24, 2.45) is 29.6 Å². The van der Waals surface area contributed by atoms with Crippen molar-refractivity contribution in [1.29, 1.82) is 0 Å². The molecule has 3 unspecified atom stereocenters. The number of Topliss-reactive ketones (excluding diaryl/α,β-unsaturated/α-hetero) is 1. The molecule has 0 aliphatic heterocycles. The van der Waals surface area contributed by atoms with Gasteiger partial charge in [-0.05, 0) is 30.6 Å². The summed E-state index contributed by atoms with van der Waals surface area (Å²) in [7, 11) is 0. The van der Waals surface area contributed by atoms with E-state index in [1.165, 1.54) is 0 Å². The lowest BCUT2D eigenvalue weighted by Crippen LogP contribution is -2.60. The normalized spacial score (nSPS) is 71.2. The highest BCUT2D eigenvalue weighted by Gasteiger charge is 2.98. The molecule has 0 aromatic heterocycles. The monoisotopic (exact) mass is 392 g/mol. The van der Waals surface area contributed by atoms with Crippen molar-refractivity contribution in [3.63, 3.8) is 0 Å². The summed E-state index contributed by atoms with van der Waals surface area (Å²) in [5.41, 5.74) is 0. The largest absolute Gasteiger partial charge is 0.299 e.